The molecule has 4 nitrogen and oxygen atoms in total. The fourth-order valence-electron chi connectivity index (χ4n) is 1.98. The van der Waals surface area contributed by atoms with Crippen LogP contribution in [0.1, 0.15) is 36.5 Å². The van der Waals surface area contributed by atoms with Gasteiger partial charge in [-0.15, -0.1) is 0 Å². The molecule has 4 heteroatoms. The molecule has 106 valence electrons. The zero-order valence-electron chi connectivity index (χ0n) is 12.4. The molecule has 1 rings (SSSR count). The summed E-state index contributed by atoms with van der Waals surface area (Å²) >= 11 is 0. The first-order chi connectivity index (χ1) is 8.97. The Balaban J connectivity index is 2.87. The van der Waals surface area contributed by atoms with Crippen LogP contribution in [0.2, 0.25) is 0 Å². The van der Waals surface area contributed by atoms with E-state index < -0.39 is 0 Å². The van der Waals surface area contributed by atoms with Crippen LogP contribution in [0.4, 0.5) is 11.4 Å². The van der Waals surface area contributed by atoms with Gasteiger partial charge in [-0.25, -0.2) is 0 Å². The molecule has 0 spiro atoms. The lowest BCUT2D eigenvalue weighted by Gasteiger charge is -2.22. The molecule has 0 unspecified atom stereocenters. The highest BCUT2D eigenvalue weighted by molar-refractivity contribution is 5.96. The maximum Gasteiger partial charge on any atom is 0.253 e. The maximum absolute atomic E-state index is 12.0. The number of nitrogens with two attached hydrogens (primary N) is 1. The average molecular weight is 263 g/mol. The van der Waals surface area contributed by atoms with Crippen LogP contribution in [0, 0.1) is 0 Å². The molecule has 0 atom stereocenters. The molecule has 1 aromatic carbocycles. The van der Waals surface area contributed by atoms with E-state index in [0.717, 1.165) is 18.7 Å². The summed E-state index contributed by atoms with van der Waals surface area (Å²) in [4.78, 5) is 15.7. The number of carbonyl (C=O) groups excluding carboxylic acids is 1. The summed E-state index contributed by atoms with van der Waals surface area (Å²) in [5.41, 5.74) is 8.33. The molecular formula is C15H25N3O. The minimum Gasteiger partial charge on any atom is -0.397 e. The Hall–Kier alpha value is -1.71. The molecule has 0 saturated carbocycles. The van der Waals surface area contributed by atoms with Crippen molar-refractivity contribution < 1.29 is 4.79 Å². The molecule has 0 saturated heterocycles. The van der Waals surface area contributed by atoms with Crippen molar-refractivity contribution in [2.45, 2.75) is 26.2 Å². The van der Waals surface area contributed by atoms with Gasteiger partial charge < -0.3 is 15.5 Å². The van der Waals surface area contributed by atoms with Gasteiger partial charge in [-0.3, -0.25) is 4.79 Å². The average Bonchev–Trinajstić information content (AvgIpc) is 2.38. The quantitative estimate of drug-likeness (QED) is 0.634. The Labute approximate surface area is 116 Å². The van der Waals surface area contributed by atoms with Crippen molar-refractivity contribution in [3.8, 4) is 0 Å². The second-order valence-corrected chi connectivity index (χ2v) is 5.10. The highest BCUT2D eigenvalue weighted by Crippen LogP contribution is 2.24. The van der Waals surface area contributed by atoms with Crippen molar-refractivity contribution in [3.63, 3.8) is 0 Å². The smallest absolute Gasteiger partial charge is 0.253 e. The third-order valence-electron chi connectivity index (χ3n) is 3.19. The van der Waals surface area contributed by atoms with E-state index in [2.05, 4.69) is 11.8 Å². The van der Waals surface area contributed by atoms with Crippen molar-refractivity contribution >= 4 is 17.3 Å². The van der Waals surface area contributed by atoms with Gasteiger partial charge in [-0.05, 0) is 24.6 Å². The molecule has 0 bridgehead atoms. The monoisotopic (exact) mass is 263 g/mol. The lowest BCUT2D eigenvalue weighted by Crippen LogP contribution is -2.23. The van der Waals surface area contributed by atoms with E-state index in [1.807, 2.05) is 19.2 Å². The molecule has 0 fully saturated rings. The van der Waals surface area contributed by atoms with Gasteiger partial charge in [0.25, 0.3) is 5.91 Å². The number of rotatable bonds is 6. The minimum atomic E-state index is 0.00297. The summed E-state index contributed by atoms with van der Waals surface area (Å²) in [7, 11) is 5.53. The van der Waals surface area contributed by atoms with E-state index >= 15 is 0 Å². The van der Waals surface area contributed by atoms with E-state index in [1.165, 1.54) is 12.8 Å². The number of hydrogen-bond acceptors (Lipinski definition) is 3. The van der Waals surface area contributed by atoms with E-state index in [1.54, 1.807) is 25.1 Å². The molecular weight excluding hydrogens is 238 g/mol. The van der Waals surface area contributed by atoms with Crippen LogP contribution in [0.5, 0.6) is 0 Å². The molecule has 0 aromatic heterocycles. The number of benzene rings is 1. The summed E-state index contributed by atoms with van der Waals surface area (Å²) in [6.45, 7) is 3.14. The highest BCUT2D eigenvalue weighted by atomic mass is 16.2. The minimum absolute atomic E-state index is 0.00297. The number of nitrogen functional groups attached to an aromatic ring is 1. The molecule has 0 heterocycles. The van der Waals surface area contributed by atoms with Gasteiger partial charge in [-0.1, -0.05) is 19.8 Å². The first-order valence-electron chi connectivity index (χ1n) is 6.79. The molecule has 0 aliphatic heterocycles. The predicted octanol–water partition coefficient (Wildman–Crippen LogP) is 2.60. The van der Waals surface area contributed by atoms with E-state index in [9.17, 15) is 4.79 Å². The Kier molecular flexibility index (Phi) is 5.67. The highest BCUT2D eigenvalue weighted by Gasteiger charge is 2.12. The largest absolute Gasteiger partial charge is 0.397 e. The van der Waals surface area contributed by atoms with Crippen molar-refractivity contribution in [1.82, 2.24) is 4.90 Å². The summed E-state index contributed by atoms with van der Waals surface area (Å²) in [5.74, 6) is 0.00297. The third kappa shape index (κ3) is 4.16. The Bertz CT molecular complexity index is 429. The SMILES string of the molecule is CCCCCN(C)c1cc(C(=O)N(C)C)ccc1N. The normalized spacial score (nSPS) is 10.3. The van der Waals surface area contributed by atoms with Gasteiger partial charge in [0.2, 0.25) is 0 Å². The molecule has 2 N–H and O–H groups in total. The van der Waals surface area contributed by atoms with Crippen LogP contribution in [0.15, 0.2) is 18.2 Å². The zero-order valence-corrected chi connectivity index (χ0v) is 12.4. The van der Waals surface area contributed by atoms with Gasteiger partial charge in [0.15, 0.2) is 0 Å². The van der Waals surface area contributed by atoms with Crippen molar-refractivity contribution in [2.75, 3.05) is 38.3 Å². The van der Waals surface area contributed by atoms with Crippen LogP contribution in [0.25, 0.3) is 0 Å². The lowest BCUT2D eigenvalue weighted by atomic mass is 10.1. The van der Waals surface area contributed by atoms with Crippen LogP contribution >= 0.6 is 0 Å². The Morgan fingerprint density at radius 1 is 1.21 bits per heavy atom. The van der Waals surface area contributed by atoms with Crippen LogP contribution in [-0.4, -0.2) is 38.5 Å². The first-order valence-corrected chi connectivity index (χ1v) is 6.79. The molecule has 0 aliphatic rings. The number of hydrogen-bond donors (Lipinski definition) is 1. The van der Waals surface area contributed by atoms with Crippen molar-refractivity contribution in [2.24, 2.45) is 0 Å². The fourth-order valence-corrected chi connectivity index (χ4v) is 1.98. The molecule has 0 radical (unpaired) electrons. The summed E-state index contributed by atoms with van der Waals surface area (Å²) in [6.07, 6.45) is 3.54. The number of nitrogens with zero attached hydrogens (tertiary/aromatic N) is 2. The van der Waals surface area contributed by atoms with E-state index in [-0.39, 0.29) is 5.91 Å². The Morgan fingerprint density at radius 2 is 1.89 bits per heavy atom. The third-order valence-corrected chi connectivity index (χ3v) is 3.19. The summed E-state index contributed by atoms with van der Waals surface area (Å²) in [5, 5.41) is 0. The second-order valence-electron chi connectivity index (χ2n) is 5.10. The summed E-state index contributed by atoms with van der Waals surface area (Å²) < 4.78 is 0. The van der Waals surface area contributed by atoms with Crippen molar-refractivity contribution in [3.05, 3.63) is 23.8 Å². The standard InChI is InChI=1S/C15H25N3O/c1-5-6-7-10-18(4)14-11-12(8-9-13(14)16)15(19)17(2)3/h8-9,11H,5-7,10,16H2,1-4H3. The topological polar surface area (TPSA) is 49.6 Å². The van der Waals surface area contributed by atoms with Gasteiger partial charge >= 0.3 is 0 Å². The zero-order chi connectivity index (χ0) is 14.4. The van der Waals surface area contributed by atoms with Gasteiger partial charge in [0.05, 0.1) is 11.4 Å². The van der Waals surface area contributed by atoms with Gasteiger partial charge in [0, 0.05) is 33.3 Å². The van der Waals surface area contributed by atoms with Crippen LogP contribution in [0.3, 0.4) is 0 Å². The fraction of sp³-hybridized carbons (Fsp3) is 0.533. The van der Waals surface area contributed by atoms with Gasteiger partial charge in [0.1, 0.15) is 0 Å². The molecule has 0 aliphatic carbocycles. The van der Waals surface area contributed by atoms with Crippen LogP contribution in [-0.2, 0) is 0 Å². The Morgan fingerprint density at radius 3 is 2.47 bits per heavy atom. The van der Waals surface area contributed by atoms with E-state index in [0.29, 0.717) is 11.3 Å². The van der Waals surface area contributed by atoms with Crippen molar-refractivity contribution in [1.29, 1.82) is 0 Å². The summed E-state index contributed by atoms with van der Waals surface area (Å²) in [6, 6.07) is 5.47. The number of carbonyl (C=O) groups is 1. The second kappa shape index (κ2) is 7.02. The molecule has 1 aromatic rings. The van der Waals surface area contributed by atoms with Gasteiger partial charge in [-0.2, -0.15) is 0 Å². The molecule has 19 heavy (non-hydrogen) atoms. The number of anilines is 2. The molecule has 1 amide bonds. The maximum atomic E-state index is 12.0. The van der Waals surface area contributed by atoms with Crippen LogP contribution < -0.4 is 10.6 Å². The lowest BCUT2D eigenvalue weighted by molar-refractivity contribution is 0.0827. The van der Waals surface area contributed by atoms with E-state index in [4.69, 9.17) is 5.73 Å². The number of amides is 1. The number of unbranched alkanes of at least 4 members (excludes halogenated alkanes) is 2. The predicted molar refractivity (Wildman–Crippen MR) is 81.7 cm³/mol. The first kappa shape index (κ1) is 15.3.